The first kappa shape index (κ1) is 18.4. The molecule has 0 aromatic carbocycles. The Bertz CT molecular complexity index is 746. The molecule has 3 rings (SSSR count). The van der Waals surface area contributed by atoms with Gasteiger partial charge in [-0.1, -0.05) is 0 Å². The van der Waals surface area contributed by atoms with Crippen LogP contribution in [0.2, 0.25) is 0 Å². The maximum Gasteiger partial charge on any atom is 0.419 e. The van der Waals surface area contributed by atoms with Crippen LogP contribution >= 0.6 is 12.2 Å². The van der Waals surface area contributed by atoms with E-state index in [1.807, 2.05) is 6.07 Å². The van der Waals surface area contributed by atoms with Gasteiger partial charge in [0.2, 0.25) is 0 Å². The lowest BCUT2D eigenvalue weighted by molar-refractivity contribution is -0.137. The van der Waals surface area contributed by atoms with Gasteiger partial charge < -0.3 is 15.5 Å². The minimum absolute atomic E-state index is 0.00508. The zero-order chi connectivity index (χ0) is 18.6. The van der Waals surface area contributed by atoms with Crippen molar-refractivity contribution >= 4 is 28.8 Å². The van der Waals surface area contributed by atoms with Gasteiger partial charge in [0.1, 0.15) is 5.82 Å². The Hall–Kier alpha value is -2.42. The minimum atomic E-state index is -4.41. The van der Waals surface area contributed by atoms with E-state index in [0.29, 0.717) is 31.0 Å². The van der Waals surface area contributed by atoms with E-state index in [-0.39, 0.29) is 11.9 Å². The lowest BCUT2D eigenvalue weighted by atomic mass is 10.0. The van der Waals surface area contributed by atoms with Gasteiger partial charge in [0, 0.05) is 31.5 Å². The fourth-order valence-electron chi connectivity index (χ4n) is 2.90. The summed E-state index contributed by atoms with van der Waals surface area (Å²) in [4.78, 5) is 9.63. The maximum absolute atomic E-state index is 13.1. The minimum Gasteiger partial charge on any atom is -0.360 e. The molecule has 5 nitrogen and oxygen atoms in total. The van der Waals surface area contributed by atoms with Crippen molar-refractivity contribution in [3.8, 4) is 0 Å². The van der Waals surface area contributed by atoms with E-state index in [4.69, 9.17) is 12.2 Å². The van der Waals surface area contributed by atoms with Gasteiger partial charge in [-0.3, -0.25) is 4.98 Å². The second kappa shape index (κ2) is 7.86. The molecule has 1 saturated heterocycles. The van der Waals surface area contributed by atoms with Crippen LogP contribution in [0.15, 0.2) is 42.9 Å². The molecular formula is C17H18F3N5S. The zero-order valence-electron chi connectivity index (χ0n) is 13.8. The average Bonchev–Trinajstić information content (AvgIpc) is 2.62. The highest BCUT2D eigenvalue weighted by atomic mass is 32.1. The van der Waals surface area contributed by atoms with Crippen LogP contribution < -0.4 is 15.5 Å². The summed E-state index contributed by atoms with van der Waals surface area (Å²) in [5, 5.41) is 6.73. The molecule has 9 heteroatoms. The summed E-state index contributed by atoms with van der Waals surface area (Å²) in [6.07, 6.45) is 1.65. The molecule has 0 unspecified atom stereocenters. The Morgan fingerprint density at radius 2 is 1.88 bits per heavy atom. The monoisotopic (exact) mass is 381 g/mol. The number of aromatic nitrogens is 2. The lowest BCUT2D eigenvalue weighted by Gasteiger charge is -2.34. The quantitative estimate of drug-likeness (QED) is 0.795. The van der Waals surface area contributed by atoms with Crippen LogP contribution in [0.1, 0.15) is 18.4 Å². The van der Waals surface area contributed by atoms with Crippen molar-refractivity contribution in [1.29, 1.82) is 0 Å². The summed E-state index contributed by atoms with van der Waals surface area (Å²) in [6.45, 7) is 0.959. The molecule has 138 valence electrons. The van der Waals surface area contributed by atoms with Crippen LogP contribution in [-0.2, 0) is 6.18 Å². The first-order valence-corrected chi connectivity index (χ1v) is 8.59. The van der Waals surface area contributed by atoms with Crippen molar-refractivity contribution in [3.05, 3.63) is 48.4 Å². The summed E-state index contributed by atoms with van der Waals surface area (Å²) in [7, 11) is 0. The third-order valence-corrected chi connectivity index (χ3v) is 4.36. The number of piperidine rings is 1. The largest absolute Gasteiger partial charge is 0.419 e. The van der Waals surface area contributed by atoms with E-state index < -0.39 is 11.7 Å². The van der Waals surface area contributed by atoms with Gasteiger partial charge in [-0.2, -0.15) is 13.2 Å². The van der Waals surface area contributed by atoms with Gasteiger partial charge in [-0.05, 0) is 49.3 Å². The third kappa shape index (κ3) is 4.60. The number of halogens is 3. The SMILES string of the molecule is FC(F)(F)c1cccnc1N1CCC(NC(=S)Nc2cccnc2)CC1. The van der Waals surface area contributed by atoms with Crippen molar-refractivity contribution in [2.45, 2.75) is 25.1 Å². The van der Waals surface area contributed by atoms with Crippen molar-refractivity contribution < 1.29 is 13.2 Å². The molecule has 2 aromatic rings. The summed E-state index contributed by atoms with van der Waals surface area (Å²) in [5.74, 6) is -0.00508. The number of nitrogens with one attached hydrogen (secondary N) is 2. The van der Waals surface area contributed by atoms with Crippen molar-refractivity contribution in [1.82, 2.24) is 15.3 Å². The number of anilines is 2. The second-order valence-electron chi connectivity index (χ2n) is 5.97. The Kier molecular flexibility index (Phi) is 5.55. The third-order valence-electron chi connectivity index (χ3n) is 4.14. The van der Waals surface area contributed by atoms with E-state index in [1.54, 1.807) is 23.4 Å². The molecule has 0 atom stereocenters. The summed E-state index contributed by atoms with van der Waals surface area (Å²) < 4.78 is 39.4. The van der Waals surface area contributed by atoms with E-state index in [0.717, 1.165) is 11.8 Å². The van der Waals surface area contributed by atoms with Crippen molar-refractivity contribution in [2.75, 3.05) is 23.3 Å². The van der Waals surface area contributed by atoms with E-state index in [9.17, 15) is 13.2 Å². The van der Waals surface area contributed by atoms with E-state index >= 15 is 0 Å². The first-order chi connectivity index (χ1) is 12.4. The summed E-state index contributed by atoms with van der Waals surface area (Å²) in [6, 6.07) is 6.13. The van der Waals surface area contributed by atoms with Gasteiger partial charge in [0.05, 0.1) is 17.4 Å². The van der Waals surface area contributed by atoms with E-state index in [1.165, 1.54) is 12.3 Å². The van der Waals surface area contributed by atoms with Gasteiger partial charge >= 0.3 is 6.18 Å². The van der Waals surface area contributed by atoms with Crippen molar-refractivity contribution in [2.24, 2.45) is 0 Å². The van der Waals surface area contributed by atoms with Gasteiger partial charge in [0.15, 0.2) is 5.11 Å². The molecule has 2 aromatic heterocycles. The van der Waals surface area contributed by atoms with Crippen LogP contribution in [-0.4, -0.2) is 34.2 Å². The zero-order valence-corrected chi connectivity index (χ0v) is 14.6. The van der Waals surface area contributed by atoms with E-state index in [2.05, 4.69) is 20.6 Å². The molecule has 26 heavy (non-hydrogen) atoms. The second-order valence-corrected chi connectivity index (χ2v) is 6.38. The molecule has 2 N–H and O–H groups in total. The fraction of sp³-hybridized carbons (Fsp3) is 0.353. The first-order valence-electron chi connectivity index (χ1n) is 8.18. The van der Waals surface area contributed by atoms with Crippen LogP contribution in [0.25, 0.3) is 0 Å². The van der Waals surface area contributed by atoms with Crippen LogP contribution in [0.5, 0.6) is 0 Å². The molecule has 0 bridgehead atoms. The molecule has 0 saturated carbocycles. The Balaban J connectivity index is 1.56. The molecule has 1 aliphatic rings. The van der Waals surface area contributed by atoms with Gasteiger partial charge in [-0.15, -0.1) is 0 Å². The van der Waals surface area contributed by atoms with Crippen molar-refractivity contribution in [3.63, 3.8) is 0 Å². The highest BCUT2D eigenvalue weighted by Crippen LogP contribution is 2.35. The molecule has 0 amide bonds. The van der Waals surface area contributed by atoms with Crippen LogP contribution in [0, 0.1) is 0 Å². The number of rotatable bonds is 3. The number of hydrogen-bond donors (Lipinski definition) is 2. The molecule has 0 spiro atoms. The maximum atomic E-state index is 13.1. The topological polar surface area (TPSA) is 53.1 Å². The highest BCUT2D eigenvalue weighted by molar-refractivity contribution is 7.80. The molecule has 1 fully saturated rings. The molecule has 0 aliphatic carbocycles. The smallest absolute Gasteiger partial charge is 0.360 e. The summed E-state index contributed by atoms with van der Waals surface area (Å²) in [5.41, 5.74) is 0.0888. The Morgan fingerprint density at radius 3 is 2.54 bits per heavy atom. The number of pyridine rings is 2. The molecule has 0 radical (unpaired) electrons. The lowest BCUT2D eigenvalue weighted by Crippen LogP contribution is -2.46. The molecule has 3 heterocycles. The van der Waals surface area contributed by atoms with Gasteiger partial charge in [-0.25, -0.2) is 4.98 Å². The van der Waals surface area contributed by atoms with Crippen LogP contribution in [0.4, 0.5) is 24.7 Å². The molecular weight excluding hydrogens is 363 g/mol. The van der Waals surface area contributed by atoms with Gasteiger partial charge in [0.25, 0.3) is 0 Å². The Morgan fingerprint density at radius 1 is 1.15 bits per heavy atom. The highest BCUT2D eigenvalue weighted by Gasteiger charge is 2.36. The molecule has 1 aliphatic heterocycles. The van der Waals surface area contributed by atoms with Crippen LogP contribution in [0.3, 0.4) is 0 Å². The Labute approximate surface area is 154 Å². The number of alkyl halides is 3. The number of thiocarbonyl (C=S) groups is 1. The summed E-state index contributed by atoms with van der Waals surface area (Å²) >= 11 is 5.28. The fourth-order valence-corrected chi connectivity index (χ4v) is 3.18. The predicted molar refractivity (Wildman–Crippen MR) is 98.1 cm³/mol. The number of hydrogen-bond acceptors (Lipinski definition) is 4. The predicted octanol–water partition coefficient (Wildman–Crippen LogP) is 3.45. The standard InChI is InChI=1S/C17H18F3N5S/c18-17(19,20)14-4-2-8-22-15(14)25-9-5-12(6-10-25)23-16(26)24-13-3-1-7-21-11-13/h1-4,7-8,11-12H,5-6,9-10H2,(H2,23,24,26). The normalized spacial score (nSPS) is 15.6. The number of nitrogens with zero attached hydrogens (tertiary/aromatic N) is 3. The average molecular weight is 381 g/mol.